The molecule has 3 rings (SSSR count). The Labute approximate surface area is 200 Å². The quantitative estimate of drug-likeness (QED) is 0.358. The molecule has 2 aromatic heterocycles. The first-order chi connectivity index (χ1) is 16.2. The van der Waals surface area contributed by atoms with E-state index in [1.54, 1.807) is 18.3 Å². The van der Waals surface area contributed by atoms with Gasteiger partial charge in [-0.15, -0.1) is 11.3 Å². The molecule has 0 saturated carbocycles. The molecular weight excluding hydrogens is 460 g/mol. The number of carbonyl (C=O) groups excluding carboxylic acids is 3. The van der Waals surface area contributed by atoms with E-state index >= 15 is 0 Å². The Balaban J connectivity index is 1.58. The van der Waals surface area contributed by atoms with Crippen LogP contribution in [0.4, 0.5) is 10.7 Å². The van der Waals surface area contributed by atoms with Crippen molar-refractivity contribution in [1.82, 2.24) is 25.9 Å². The van der Waals surface area contributed by atoms with E-state index < -0.39 is 24.6 Å². The summed E-state index contributed by atoms with van der Waals surface area (Å²) in [4.78, 5) is 57.0. The molecule has 4 amide bonds. The molecule has 5 N–H and O–H groups in total. The number of anilines is 1. The number of carboxylic acid groups (broad SMARTS) is 1. The lowest BCUT2D eigenvalue weighted by molar-refractivity contribution is -0.129. The van der Waals surface area contributed by atoms with Crippen LogP contribution in [0.15, 0.2) is 23.7 Å². The van der Waals surface area contributed by atoms with Crippen LogP contribution in [0.1, 0.15) is 47.6 Å². The highest BCUT2D eigenvalue weighted by molar-refractivity contribution is 7.12. The second kappa shape index (κ2) is 11.5. The maximum atomic E-state index is 12.9. The first-order valence-corrected chi connectivity index (χ1v) is 11.9. The summed E-state index contributed by atoms with van der Waals surface area (Å²) in [6.45, 7) is 3.45. The molecule has 0 spiro atoms. The van der Waals surface area contributed by atoms with Crippen molar-refractivity contribution >= 4 is 41.1 Å². The van der Waals surface area contributed by atoms with Crippen molar-refractivity contribution in [2.75, 3.05) is 11.9 Å². The number of rotatable bonds is 9. The molecule has 1 aliphatic carbocycles. The Morgan fingerprint density at radius 1 is 1.26 bits per heavy atom. The second-order valence-corrected chi connectivity index (χ2v) is 9.40. The first kappa shape index (κ1) is 25.1. The third-order valence-electron chi connectivity index (χ3n) is 5.23. The van der Waals surface area contributed by atoms with E-state index in [4.69, 9.17) is 5.11 Å². The number of aromatic nitrogens is 2. The number of carbonyl (C=O) groups is 4. The number of thiophene rings is 1. The molecule has 0 bridgehead atoms. The van der Waals surface area contributed by atoms with E-state index in [0.717, 1.165) is 11.3 Å². The van der Waals surface area contributed by atoms with Gasteiger partial charge < -0.3 is 21.1 Å². The summed E-state index contributed by atoms with van der Waals surface area (Å²) in [6.07, 6.45) is 2.56. The average molecular weight is 489 g/mol. The number of hydrogen-bond donors (Lipinski definition) is 5. The molecule has 11 nitrogen and oxygen atoms in total. The lowest BCUT2D eigenvalue weighted by Gasteiger charge is -2.27. The maximum absolute atomic E-state index is 12.9. The van der Waals surface area contributed by atoms with Crippen LogP contribution in [0.5, 0.6) is 0 Å². The summed E-state index contributed by atoms with van der Waals surface area (Å²) < 4.78 is 0. The van der Waals surface area contributed by atoms with Gasteiger partial charge in [0.25, 0.3) is 5.91 Å². The number of hydrogen-bond acceptors (Lipinski definition) is 7. The van der Waals surface area contributed by atoms with Crippen molar-refractivity contribution in [1.29, 1.82) is 0 Å². The molecule has 2 unspecified atom stereocenters. The molecule has 0 aromatic carbocycles. The number of nitrogens with zero attached hydrogens (tertiary/aromatic N) is 2. The van der Waals surface area contributed by atoms with Gasteiger partial charge in [0, 0.05) is 17.9 Å². The van der Waals surface area contributed by atoms with Crippen LogP contribution in [0.3, 0.4) is 0 Å². The van der Waals surface area contributed by atoms with Crippen LogP contribution in [-0.2, 0) is 22.4 Å². The molecule has 0 fully saturated rings. The Kier molecular flexibility index (Phi) is 8.52. The van der Waals surface area contributed by atoms with Gasteiger partial charge in [-0.25, -0.2) is 14.8 Å². The van der Waals surface area contributed by atoms with Crippen molar-refractivity contribution in [3.05, 3.63) is 39.8 Å². The molecule has 2 heterocycles. The molecule has 182 valence electrons. The predicted molar refractivity (Wildman–Crippen MR) is 126 cm³/mol. The molecule has 34 heavy (non-hydrogen) atoms. The SMILES string of the molecule is CC(C)CC(NC(=O)CNC(=O)O)C(=O)NC1CCc2nc(NC(=O)c3cccs3)ncc2C1. The fourth-order valence-corrected chi connectivity index (χ4v) is 4.29. The topological polar surface area (TPSA) is 162 Å². The highest BCUT2D eigenvalue weighted by Gasteiger charge is 2.27. The molecular formula is C22H28N6O5S. The largest absolute Gasteiger partial charge is 0.465 e. The van der Waals surface area contributed by atoms with Crippen molar-refractivity contribution < 1.29 is 24.3 Å². The van der Waals surface area contributed by atoms with Gasteiger partial charge >= 0.3 is 6.09 Å². The Hall–Kier alpha value is -3.54. The Bertz CT molecular complexity index is 1040. The van der Waals surface area contributed by atoms with E-state index in [-0.39, 0.29) is 29.7 Å². The minimum atomic E-state index is -1.31. The van der Waals surface area contributed by atoms with Crippen molar-refractivity contribution in [2.24, 2.45) is 5.92 Å². The maximum Gasteiger partial charge on any atom is 0.405 e. The van der Waals surface area contributed by atoms with Gasteiger partial charge in [-0.2, -0.15) is 0 Å². The van der Waals surface area contributed by atoms with Gasteiger partial charge in [0.15, 0.2) is 0 Å². The number of aryl methyl sites for hydroxylation is 1. The second-order valence-electron chi connectivity index (χ2n) is 8.45. The fraction of sp³-hybridized carbons (Fsp3) is 0.455. The number of nitrogens with one attached hydrogen (secondary N) is 4. The van der Waals surface area contributed by atoms with E-state index in [2.05, 4.69) is 25.9 Å². The minimum Gasteiger partial charge on any atom is -0.465 e. The van der Waals surface area contributed by atoms with E-state index in [9.17, 15) is 19.2 Å². The van der Waals surface area contributed by atoms with Crippen LogP contribution >= 0.6 is 11.3 Å². The highest BCUT2D eigenvalue weighted by Crippen LogP contribution is 2.21. The lowest BCUT2D eigenvalue weighted by atomic mass is 9.92. The van der Waals surface area contributed by atoms with Crippen LogP contribution in [0.25, 0.3) is 0 Å². The first-order valence-electron chi connectivity index (χ1n) is 11.0. The van der Waals surface area contributed by atoms with Gasteiger partial charge in [0.2, 0.25) is 17.8 Å². The fourth-order valence-electron chi connectivity index (χ4n) is 3.67. The summed E-state index contributed by atoms with van der Waals surface area (Å²) in [5.41, 5.74) is 1.72. The summed E-state index contributed by atoms with van der Waals surface area (Å²) in [6, 6.07) is 2.60. The molecule has 0 aliphatic heterocycles. The minimum absolute atomic E-state index is 0.145. The third-order valence-corrected chi connectivity index (χ3v) is 6.09. The van der Waals surface area contributed by atoms with Crippen LogP contribution in [0.2, 0.25) is 0 Å². The molecule has 0 saturated heterocycles. The zero-order chi connectivity index (χ0) is 24.7. The van der Waals surface area contributed by atoms with E-state index in [1.165, 1.54) is 11.3 Å². The molecule has 12 heteroatoms. The Morgan fingerprint density at radius 2 is 2.06 bits per heavy atom. The monoisotopic (exact) mass is 488 g/mol. The normalized spacial score (nSPS) is 15.7. The predicted octanol–water partition coefficient (Wildman–Crippen LogP) is 1.56. The smallest absolute Gasteiger partial charge is 0.405 e. The van der Waals surface area contributed by atoms with Crippen molar-refractivity contribution in [2.45, 2.75) is 51.6 Å². The summed E-state index contributed by atoms with van der Waals surface area (Å²) in [7, 11) is 0. The third kappa shape index (κ3) is 7.24. The molecule has 0 radical (unpaired) electrons. The lowest BCUT2D eigenvalue weighted by Crippen LogP contribution is -2.52. The number of fused-ring (bicyclic) bond motifs is 1. The van der Waals surface area contributed by atoms with Gasteiger partial charge in [-0.3, -0.25) is 19.7 Å². The van der Waals surface area contributed by atoms with Gasteiger partial charge in [0.05, 0.1) is 4.88 Å². The van der Waals surface area contributed by atoms with Crippen LogP contribution < -0.4 is 21.3 Å². The summed E-state index contributed by atoms with van der Waals surface area (Å²) in [5.74, 6) is -0.747. The number of amides is 4. The van der Waals surface area contributed by atoms with Crippen LogP contribution in [0, 0.1) is 5.92 Å². The van der Waals surface area contributed by atoms with E-state index in [1.807, 2.05) is 24.5 Å². The standard InChI is InChI=1S/C22H28N6O5S/c1-12(2)8-16(26-18(29)11-24-22(32)33)19(30)25-14-5-6-15-13(9-14)10-23-21(27-15)28-20(31)17-4-3-7-34-17/h3-4,7,10,12,14,16,24H,5-6,8-9,11H2,1-2H3,(H,25,30)(H,26,29)(H,32,33)(H,23,27,28,31). The Morgan fingerprint density at radius 3 is 2.74 bits per heavy atom. The summed E-state index contributed by atoms with van der Waals surface area (Å²) in [5, 5.41) is 20.8. The van der Waals surface area contributed by atoms with Crippen LogP contribution in [-0.4, -0.2) is 57.5 Å². The van der Waals surface area contributed by atoms with Crippen molar-refractivity contribution in [3.63, 3.8) is 0 Å². The zero-order valence-corrected chi connectivity index (χ0v) is 19.8. The van der Waals surface area contributed by atoms with Gasteiger partial charge in [0.1, 0.15) is 12.6 Å². The zero-order valence-electron chi connectivity index (χ0n) is 19.0. The average Bonchev–Trinajstić information content (AvgIpc) is 3.32. The molecule has 1 aliphatic rings. The van der Waals surface area contributed by atoms with Gasteiger partial charge in [-0.05, 0) is 48.6 Å². The summed E-state index contributed by atoms with van der Waals surface area (Å²) >= 11 is 1.33. The molecule has 2 aromatic rings. The van der Waals surface area contributed by atoms with Gasteiger partial charge in [-0.1, -0.05) is 19.9 Å². The molecule has 2 atom stereocenters. The van der Waals surface area contributed by atoms with E-state index in [0.29, 0.717) is 30.6 Å². The highest BCUT2D eigenvalue weighted by atomic mass is 32.1. The van der Waals surface area contributed by atoms with Crippen molar-refractivity contribution in [3.8, 4) is 0 Å².